The third-order valence-electron chi connectivity index (χ3n) is 5.21. The van der Waals surface area contributed by atoms with Gasteiger partial charge in [0.2, 0.25) is 0 Å². The van der Waals surface area contributed by atoms with Crippen molar-refractivity contribution in [3.8, 4) is 0 Å². The lowest BCUT2D eigenvalue weighted by molar-refractivity contribution is -0.139. The van der Waals surface area contributed by atoms with Gasteiger partial charge in [-0.2, -0.15) is 13.2 Å². The first-order valence-corrected chi connectivity index (χ1v) is 10.9. The minimum Gasteiger partial charge on any atom is -0.294 e. The number of alkyl halides is 3. The molecule has 0 aliphatic carbocycles. The molecule has 3 aromatic rings. The van der Waals surface area contributed by atoms with Crippen LogP contribution in [0.4, 0.5) is 17.6 Å². The number of carbonyl (C=O) groups excluding carboxylic acids is 1. The molecule has 0 heterocycles. The summed E-state index contributed by atoms with van der Waals surface area (Å²) in [4.78, 5) is 12.6. The van der Waals surface area contributed by atoms with Crippen LogP contribution in [0.2, 0.25) is 10.0 Å². The van der Waals surface area contributed by atoms with E-state index in [9.17, 15) is 22.4 Å². The molecule has 1 nitrogen and oxygen atoms in total. The molecule has 0 aliphatic heterocycles. The maximum absolute atomic E-state index is 13.8. The molecule has 1 unspecified atom stereocenters. The van der Waals surface area contributed by atoms with Gasteiger partial charge in [0, 0.05) is 22.0 Å². The Hall–Kier alpha value is -2.63. The number of rotatable bonds is 7. The smallest absolute Gasteiger partial charge is 0.294 e. The summed E-state index contributed by atoms with van der Waals surface area (Å²) in [6, 6.07) is 14.9. The lowest BCUT2D eigenvalue weighted by Crippen LogP contribution is -2.18. The van der Waals surface area contributed by atoms with Crippen LogP contribution in [-0.4, -0.2) is 12.0 Å². The Labute approximate surface area is 199 Å². The number of allylic oxidation sites excluding steroid dienone is 1. The highest BCUT2D eigenvalue weighted by Crippen LogP contribution is 2.38. The second kappa shape index (κ2) is 10.5. The van der Waals surface area contributed by atoms with Crippen LogP contribution in [0.1, 0.15) is 45.0 Å². The number of hydrogen-bond acceptors (Lipinski definition) is 1. The van der Waals surface area contributed by atoms with E-state index in [2.05, 4.69) is 0 Å². The number of ketones is 1. The van der Waals surface area contributed by atoms with Crippen molar-refractivity contribution in [3.05, 3.63) is 110 Å². The predicted molar refractivity (Wildman–Crippen MR) is 125 cm³/mol. The first-order valence-electron chi connectivity index (χ1n) is 10.1. The van der Waals surface area contributed by atoms with Gasteiger partial charge in [0.15, 0.2) is 5.78 Å². The predicted octanol–water partition coefficient (Wildman–Crippen LogP) is 8.62. The summed E-state index contributed by atoms with van der Waals surface area (Å²) in [6.07, 6.45) is -1.75. The summed E-state index contributed by atoms with van der Waals surface area (Å²) < 4.78 is 54.8. The van der Waals surface area contributed by atoms with Crippen molar-refractivity contribution >= 4 is 35.1 Å². The highest BCUT2D eigenvalue weighted by molar-refractivity contribution is 6.34. The van der Waals surface area contributed by atoms with E-state index in [1.165, 1.54) is 30.3 Å². The average Bonchev–Trinajstić information content (AvgIpc) is 2.71. The van der Waals surface area contributed by atoms with Gasteiger partial charge in [0.1, 0.15) is 5.82 Å². The molecule has 0 aliphatic rings. The van der Waals surface area contributed by atoms with Crippen LogP contribution >= 0.6 is 23.2 Å². The van der Waals surface area contributed by atoms with Crippen molar-refractivity contribution in [1.82, 2.24) is 0 Å². The average molecular weight is 495 g/mol. The number of carbonyl (C=O) groups is 1. The fourth-order valence-electron chi connectivity index (χ4n) is 3.56. The largest absolute Gasteiger partial charge is 0.399 e. The van der Waals surface area contributed by atoms with Gasteiger partial charge >= 0.3 is 6.18 Å². The molecular formula is C26H20Cl2F4O. The lowest BCUT2D eigenvalue weighted by atomic mass is 9.95. The first-order chi connectivity index (χ1) is 15.5. The zero-order valence-electron chi connectivity index (χ0n) is 17.6. The molecule has 0 fully saturated rings. The van der Waals surface area contributed by atoms with E-state index in [1.54, 1.807) is 43.3 Å². The monoisotopic (exact) mass is 494 g/mol. The van der Waals surface area contributed by atoms with E-state index in [-0.39, 0.29) is 40.1 Å². The molecule has 3 aromatic carbocycles. The van der Waals surface area contributed by atoms with Crippen molar-refractivity contribution in [2.75, 3.05) is 0 Å². The van der Waals surface area contributed by atoms with E-state index in [1.807, 2.05) is 0 Å². The van der Waals surface area contributed by atoms with Gasteiger partial charge in [-0.1, -0.05) is 71.8 Å². The summed E-state index contributed by atoms with van der Waals surface area (Å²) in [6.45, 7) is 1.71. The van der Waals surface area contributed by atoms with E-state index in [0.29, 0.717) is 22.3 Å². The number of halogens is 6. The Morgan fingerprint density at radius 2 is 1.67 bits per heavy atom. The summed E-state index contributed by atoms with van der Waals surface area (Å²) in [5.41, 5.74) is 2.00. The quantitative estimate of drug-likeness (QED) is 0.237. The van der Waals surface area contributed by atoms with E-state index in [4.69, 9.17) is 23.2 Å². The summed E-state index contributed by atoms with van der Waals surface area (Å²) in [7, 11) is 0. The van der Waals surface area contributed by atoms with Gasteiger partial charge in [0.05, 0.1) is 5.92 Å². The SMILES string of the molecule is Cc1cc(/C=C/C(c2cc(Cl)cc(Cl)c2)C(F)(F)F)ccc1C(=O)CCc1ccccc1F. The number of hydrogen-bond donors (Lipinski definition) is 0. The van der Waals surface area contributed by atoms with Crippen LogP contribution in [0.25, 0.3) is 6.08 Å². The summed E-state index contributed by atoms with van der Waals surface area (Å²) in [5, 5.41) is 0.239. The molecule has 0 bridgehead atoms. The maximum atomic E-state index is 13.8. The zero-order valence-corrected chi connectivity index (χ0v) is 19.1. The second-order valence-corrected chi connectivity index (χ2v) is 8.54. The third-order valence-corrected chi connectivity index (χ3v) is 5.64. The lowest BCUT2D eigenvalue weighted by Gasteiger charge is -2.18. The van der Waals surface area contributed by atoms with Gasteiger partial charge in [-0.15, -0.1) is 0 Å². The standard InChI is InChI=1S/C26H20Cl2F4O/c1-16-12-17(6-9-22(16)25(33)11-8-18-4-2-3-5-24(18)29)7-10-23(26(30,31)32)19-13-20(27)15-21(28)14-19/h2-7,9-10,12-15,23H,8,11H2,1H3/b10-7+. The molecule has 33 heavy (non-hydrogen) atoms. The molecule has 0 amide bonds. The minimum absolute atomic E-state index is 0.0621. The normalized spacial score (nSPS) is 12.8. The van der Waals surface area contributed by atoms with Gasteiger partial charge in [-0.3, -0.25) is 4.79 Å². The van der Waals surface area contributed by atoms with Crippen LogP contribution < -0.4 is 0 Å². The minimum atomic E-state index is -4.54. The first kappa shape index (κ1) is 25.0. The van der Waals surface area contributed by atoms with Crippen molar-refractivity contribution in [3.63, 3.8) is 0 Å². The molecule has 3 rings (SSSR count). The molecule has 172 valence electrons. The fourth-order valence-corrected chi connectivity index (χ4v) is 4.10. The van der Waals surface area contributed by atoms with E-state index >= 15 is 0 Å². The third kappa shape index (κ3) is 6.68. The molecule has 0 spiro atoms. The number of benzene rings is 3. The molecule has 0 saturated carbocycles. The van der Waals surface area contributed by atoms with Crippen LogP contribution in [0.5, 0.6) is 0 Å². The number of Topliss-reactive ketones (excluding diaryl/α,β-unsaturated/α-hetero) is 1. The summed E-state index contributed by atoms with van der Waals surface area (Å²) in [5.74, 6) is -2.41. The Morgan fingerprint density at radius 1 is 1.00 bits per heavy atom. The molecule has 0 aromatic heterocycles. The fraction of sp³-hybridized carbons (Fsp3) is 0.192. The van der Waals surface area contributed by atoms with Crippen LogP contribution in [0, 0.1) is 12.7 Å². The van der Waals surface area contributed by atoms with Gasteiger partial charge in [0.25, 0.3) is 0 Å². The Morgan fingerprint density at radius 3 is 2.27 bits per heavy atom. The van der Waals surface area contributed by atoms with E-state index < -0.39 is 12.1 Å². The van der Waals surface area contributed by atoms with Crippen LogP contribution in [0.15, 0.2) is 66.7 Å². The molecular weight excluding hydrogens is 475 g/mol. The molecule has 0 radical (unpaired) electrons. The molecule has 0 N–H and O–H groups in total. The van der Waals surface area contributed by atoms with Crippen LogP contribution in [-0.2, 0) is 6.42 Å². The van der Waals surface area contributed by atoms with Crippen LogP contribution in [0.3, 0.4) is 0 Å². The highest BCUT2D eigenvalue weighted by atomic mass is 35.5. The Balaban J connectivity index is 1.77. The van der Waals surface area contributed by atoms with Crippen molar-refractivity contribution in [1.29, 1.82) is 0 Å². The second-order valence-electron chi connectivity index (χ2n) is 7.67. The van der Waals surface area contributed by atoms with Crippen molar-refractivity contribution in [2.24, 2.45) is 0 Å². The zero-order chi connectivity index (χ0) is 24.2. The Bertz CT molecular complexity index is 1160. The Kier molecular flexibility index (Phi) is 7.98. The van der Waals surface area contributed by atoms with Gasteiger partial charge < -0.3 is 0 Å². The molecule has 0 saturated heterocycles. The topological polar surface area (TPSA) is 17.1 Å². The van der Waals surface area contributed by atoms with E-state index in [0.717, 1.165) is 6.08 Å². The molecule has 1 atom stereocenters. The summed E-state index contributed by atoms with van der Waals surface area (Å²) >= 11 is 11.7. The number of aryl methyl sites for hydroxylation is 2. The maximum Gasteiger partial charge on any atom is 0.399 e. The molecule has 7 heteroatoms. The van der Waals surface area contributed by atoms with Crippen molar-refractivity contribution < 1.29 is 22.4 Å². The van der Waals surface area contributed by atoms with Crippen molar-refractivity contribution in [2.45, 2.75) is 31.9 Å². The van der Waals surface area contributed by atoms with Gasteiger partial charge in [-0.25, -0.2) is 4.39 Å². The van der Waals surface area contributed by atoms with Gasteiger partial charge in [-0.05, 0) is 59.9 Å². The highest BCUT2D eigenvalue weighted by Gasteiger charge is 2.39.